The summed E-state index contributed by atoms with van der Waals surface area (Å²) < 4.78 is 18.8. The second kappa shape index (κ2) is 7.63. The number of nitrogens with zero attached hydrogens (tertiary/aromatic N) is 4. The molecular weight excluding hydrogens is 383 g/mol. The molecule has 1 saturated carbocycles. The maximum Gasteiger partial charge on any atom is 0.272 e. The van der Waals surface area contributed by atoms with Crippen molar-refractivity contribution in [2.75, 3.05) is 13.1 Å². The van der Waals surface area contributed by atoms with Crippen molar-refractivity contribution in [2.45, 2.75) is 37.5 Å². The van der Waals surface area contributed by atoms with E-state index >= 15 is 0 Å². The Morgan fingerprint density at radius 1 is 1.20 bits per heavy atom. The lowest BCUT2D eigenvalue weighted by Crippen LogP contribution is -2.49. The molecule has 0 spiro atoms. The standard InChI is InChI=1S/C23H23FN4O2/c24-18-9-7-17(8-10-18)20-26-22(27-30-20)23(14-16-5-6-16)11-3-13-28(15-23)21(29)19-4-1-2-12-25-19/h1-2,4,7-10,12,16H,3,5-6,11,13-15H2. The molecule has 1 saturated heterocycles. The summed E-state index contributed by atoms with van der Waals surface area (Å²) in [5, 5.41) is 4.32. The van der Waals surface area contributed by atoms with E-state index in [-0.39, 0.29) is 17.1 Å². The number of benzene rings is 1. The minimum absolute atomic E-state index is 0.0577. The lowest BCUT2D eigenvalue weighted by atomic mass is 9.74. The van der Waals surface area contributed by atoms with Crippen molar-refractivity contribution in [2.24, 2.45) is 5.92 Å². The van der Waals surface area contributed by atoms with Gasteiger partial charge in [0.2, 0.25) is 0 Å². The Morgan fingerprint density at radius 3 is 2.77 bits per heavy atom. The maximum atomic E-state index is 13.3. The number of piperidine rings is 1. The minimum atomic E-state index is -0.328. The Kier molecular flexibility index (Phi) is 4.81. The van der Waals surface area contributed by atoms with Gasteiger partial charge in [-0.15, -0.1) is 0 Å². The van der Waals surface area contributed by atoms with Crippen LogP contribution < -0.4 is 0 Å². The molecule has 1 unspecified atom stereocenters. The zero-order chi connectivity index (χ0) is 20.6. The van der Waals surface area contributed by atoms with Crippen molar-refractivity contribution >= 4 is 5.91 Å². The van der Waals surface area contributed by atoms with Gasteiger partial charge in [0, 0.05) is 24.8 Å². The molecule has 2 aliphatic rings. The number of carbonyl (C=O) groups excluding carboxylic acids is 1. The van der Waals surface area contributed by atoms with E-state index in [1.54, 1.807) is 30.5 Å². The highest BCUT2D eigenvalue weighted by Crippen LogP contribution is 2.46. The summed E-state index contributed by atoms with van der Waals surface area (Å²) in [6, 6.07) is 11.4. The molecule has 7 heteroatoms. The number of rotatable bonds is 5. The molecule has 6 nitrogen and oxygen atoms in total. The molecule has 30 heavy (non-hydrogen) atoms. The van der Waals surface area contributed by atoms with Gasteiger partial charge in [-0.25, -0.2) is 4.39 Å². The van der Waals surface area contributed by atoms with E-state index < -0.39 is 0 Å². The van der Waals surface area contributed by atoms with Gasteiger partial charge in [0.1, 0.15) is 11.5 Å². The fourth-order valence-corrected chi connectivity index (χ4v) is 4.42. The van der Waals surface area contributed by atoms with Crippen LogP contribution >= 0.6 is 0 Å². The molecule has 1 atom stereocenters. The smallest absolute Gasteiger partial charge is 0.272 e. The molecular formula is C23H23FN4O2. The number of halogens is 1. The zero-order valence-corrected chi connectivity index (χ0v) is 16.6. The van der Waals surface area contributed by atoms with E-state index in [0.717, 1.165) is 19.3 Å². The van der Waals surface area contributed by atoms with Crippen LogP contribution in [0, 0.1) is 11.7 Å². The SMILES string of the molecule is O=C(c1ccccn1)N1CCCC(CC2CC2)(c2noc(-c3ccc(F)cc3)n2)C1. The lowest BCUT2D eigenvalue weighted by molar-refractivity contribution is 0.0601. The summed E-state index contributed by atoms with van der Waals surface area (Å²) in [4.78, 5) is 23.8. The van der Waals surface area contributed by atoms with Crippen LogP contribution in [0.2, 0.25) is 0 Å². The van der Waals surface area contributed by atoms with Crippen molar-refractivity contribution in [1.29, 1.82) is 0 Å². The van der Waals surface area contributed by atoms with E-state index in [1.165, 1.54) is 25.0 Å². The molecule has 1 aromatic carbocycles. The van der Waals surface area contributed by atoms with E-state index in [2.05, 4.69) is 10.1 Å². The molecule has 3 aromatic rings. The molecule has 0 bridgehead atoms. The summed E-state index contributed by atoms with van der Waals surface area (Å²) in [6.07, 6.45) is 6.80. The average molecular weight is 406 g/mol. The third kappa shape index (κ3) is 3.72. The average Bonchev–Trinajstić information content (AvgIpc) is 3.45. The molecule has 1 amide bonds. The van der Waals surface area contributed by atoms with Crippen LogP contribution in [0.3, 0.4) is 0 Å². The molecule has 1 aliphatic heterocycles. The third-order valence-electron chi connectivity index (χ3n) is 6.12. The van der Waals surface area contributed by atoms with Crippen LogP contribution in [0.25, 0.3) is 11.5 Å². The largest absolute Gasteiger partial charge is 0.336 e. The van der Waals surface area contributed by atoms with E-state index in [1.807, 2.05) is 11.0 Å². The van der Waals surface area contributed by atoms with Gasteiger partial charge in [-0.1, -0.05) is 24.1 Å². The number of pyridine rings is 1. The van der Waals surface area contributed by atoms with Gasteiger partial charge < -0.3 is 9.42 Å². The van der Waals surface area contributed by atoms with Crippen molar-refractivity contribution in [3.8, 4) is 11.5 Å². The van der Waals surface area contributed by atoms with Gasteiger partial charge in [0.15, 0.2) is 5.82 Å². The molecule has 1 aliphatic carbocycles. The number of amides is 1. The number of hydrogen-bond donors (Lipinski definition) is 0. The van der Waals surface area contributed by atoms with Crippen molar-refractivity contribution in [1.82, 2.24) is 20.0 Å². The molecule has 3 heterocycles. The minimum Gasteiger partial charge on any atom is -0.336 e. The number of likely N-dealkylation sites (tertiary alicyclic amines) is 1. The Balaban J connectivity index is 1.44. The fourth-order valence-electron chi connectivity index (χ4n) is 4.42. The van der Waals surface area contributed by atoms with Gasteiger partial charge in [0.05, 0.1) is 5.41 Å². The lowest BCUT2D eigenvalue weighted by Gasteiger charge is -2.41. The summed E-state index contributed by atoms with van der Waals surface area (Å²) in [5.41, 5.74) is 0.819. The molecule has 154 valence electrons. The number of carbonyl (C=O) groups is 1. The Labute approximate surface area is 174 Å². The Hall–Kier alpha value is -3.09. The summed E-state index contributed by atoms with van der Waals surface area (Å²) in [6.45, 7) is 1.26. The molecule has 0 radical (unpaired) electrons. The quantitative estimate of drug-likeness (QED) is 0.634. The van der Waals surface area contributed by atoms with Gasteiger partial charge >= 0.3 is 0 Å². The topological polar surface area (TPSA) is 72.1 Å². The highest BCUT2D eigenvalue weighted by atomic mass is 19.1. The van der Waals surface area contributed by atoms with Crippen LogP contribution in [0.1, 0.15) is 48.4 Å². The predicted molar refractivity (Wildman–Crippen MR) is 108 cm³/mol. The van der Waals surface area contributed by atoms with Crippen LogP contribution in [0.5, 0.6) is 0 Å². The second-order valence-electron chi connectivity index (χ2n) is 8.40. The highest BCUT2D eigenvalue weighted by molar-refractivity contribution is 5.92. The monoisotopic (exact) mass is 406 g/mol. The van der Waals surface area contributed by atoms with Gasteiger partial charge in [0.25, 0.3) is 11.8 Å². The van der Waals surface area contributed by atoms with Gasteiger partial charge in [-0.05, 0) is 61.6 Å². The zero-order valence-electron chi connectivity index (χ0n) is 16.6. The summed E-state index contributed by atoms with van der Waals surface area (Å²) >= 11 is 0. The van der Waals surface area contributed by atoms with Gasteiger partial charge in [-0.3, -0.25) is 9.78 Å². The normalized spacial score (nSPS) is 21.6. The van der Waals surface area contributed by atoms with Crippen LogP contribution in [-0.4, -0.2) is 39.0 Å². The van der Waals surface area contributed by atoms with Crippen molar-refractivity contribution in [3.63, 3.8) is 0 Å². The molecule has 2 fully saturated rings. The molecule has 5 rings (SSSR count). The molecule has 0 N–H and O–H groups in total. The first-order valence-corrected chi connectivity index (χ1v) is 10.4. The van der Waals surface area contributed by atoms with Crippen LogP contribution in [0.15, 0.2) is 53.2 Å². The van der Waals surface area contributed by atoms with Crippen molar-refractivity contribution < 1.29 is 13.7 Å². The van der Waals surface area contributed by atoms with E-state index in [0.29, 0.717) is 42.0 Å². The first kappa shape index (κ1) is 18.9. The summed E-state index contributed by atoms with van der Waals surface area (Å²) in [7, 11) is 0. The van der Waals surface area contributed by atoms with E-state index in [4.69, 9.17) is 9.51 Å². The van der Waals surface area contributed by atoms with Crippen LogP contribution in [-0.2, 0) is 5.41 Å². The maximum absolute atomic E-state index is 13.3. The van der Waals surface area contributed by atoms with Crippen LogP contribution in [0.4, 0.5) is 4.39 Å². The highest BCUT2D eigenvalue weighted by Gasteiger charge is 2.46. The number of aromatic nitrogens is 3. The molecule has 2 aromatic heterocycles. The van der Waals surface area contributed by atoms with E-state index in [9.17, 15) is 9.18 Å². The number of hydrogen-bond acceptors (Lipinski definition) is 5. The first-order valence-electron chi connectivity index (χ1n) is 10.4. The summed E-state index contributed by atoms with van der Waals surface area (Å²) in [5.74, 6) is 1.31. The Morgan fingerprint density at radius 2 is 2.03 bits per heavy atom. The van der Waals surface area contributed by atoms with Crippen molar-refractivity contribution in [3.05, 3.63) is 66.0 Å². The fraction of sp³-hybridized carbons (Fsp3) is 0.391. The Bertz CT molecular complexity index is 1030. The predicted octanol–water partition coefficient (Wildman–Crippen LogP) is 4.24. The third-order valence-corrected chi connectivity index (χ3v) is 6.12. The van der Waals surface area contributed by atoms with Gasteiger partial charge in [-0.2, -0.15) is 4.98 Å². The second-order valence-corrected chi connectivity index (χ2v) is 8.40. The first-order chi connectivity index (χ1) is 14.6.